The van der Waals surface area contributed by atoms with E-state index in [0.717, 1.165) is 10.5 Å². The molecule has 0 unspecified atom stereocenters. The molecule has 0 radical (unpaired) electrons. The lowest BCUT2D eigenvalue weighted by atomic mass is 10.0. The Morgan fingerprint density at radius 1 is 1.07 bits per heavy atom. The van der Waals surface area contributed by atoms with Gasteiger partial charge in [-0.15, -0.1) is 16.4 Å². The van der Waals surface area contributed by atoms with E-state index in [1.807, 2.05) is 52.5 Å². The molecule has 1 saturated heterocycles. The Bertz CT molecular complexity index is 1570. The number of carbonyl (C=O) groups excluding carboxylic acids is 4. The fraction of sp³-hybridized carbons (Fsp3) is 0.393. The van der Waals surface area contributed by atoms with Gasteiger partial charge in [-0.1, -0.05) is 35.5 Å². The van der Waals surface area contributed by atoms with Gasteiger partial charge in [0.25, 0.3) is 0 Å². The maximum atomic E-state index is 14.0. The molecule has 1 aromatic carbocycles. The molecule has 14 heteroatoms. The fourth-order valence-corrected chi connectivity index (χ4v) is 6.09. The number of hydrogen-bond donors (Lipinski definition) is 2. The number of carbonyl (C=O) groups is 4. The molecule has 6 rings (SSSR count). The Hall–Kier alpha value is -4.59. The predicted molar refractivity (Wildman–Crippen MR) is 152 cm³/mol. The largest absolute Gasteiger partial charge is 0.348 e. The molecule has 4 aromatic rings. The van der Waals surface area contributed by atoms with E-state index in [-0.39, 0.29) is 63.2 Å². The van der Waals surface area contributed by atoms with Gasteiger partial charge in [0.15, 0.2) is 4.96 Å². The van der Waals surface area contributed by atoms with Crippen molar-refractivity contribution in [1.82, 2.24) is 44.8 Å². The molecule has 4 amide bonds. The molecule has 2 N–H and O–H groups in total. The van der Waals surface area contributed by atoms with Crippen molar-refractivity contribution in [1.29, 1.82) is 0 Å². The van der Waals surface area contributed by atoms with Crippen molar-refractivity contribution in [3.8, 4) is 0 Å². The van der Waals surface area contributed by atoms with Crippen LogP contribution in [0.4, 0.5) is 0 Å². The van der Waals surface area contributed by atoms with Gasteiger partial charge in [0, 0.05) is 50.2 Å². The molecule has 2 aliphatic rings. The molecule has 13 nitrogen and oxygen atoms in total. The number of fused-ring (bicyclic) bond motifs is 4. The Morgan fingerprint density at radius 3 is 2.76 bits per heavy atom. The summed E-state index contributed by atoms with van der Waals surface area (Å²) in [6, 6.07) is 7.64. The molecule has 2 bridgehead atoms. The minimum absolute atomic E-state index is 0.0251. The molecule has 0 aliphatic carbocycles. The van der Waals surface area contributed by atoms with Gasteiger partial charge < -0.3 is 20.4 Å². The third kappa shape index (κ3) is 6.17. The number of nitrogens with one attached hydrogen (secondary N) is 2. The predicted octanol–water partition coefficient (Wildman–Crippen LogP) is 0.407. The maximum absolute atomic E-state index is 14.0. The number of piperazine rings is 1. The smallest absolute Gasteiger partial charge is 0.246 e. The van der Waals surface area contributed by atoms with Crippen LogP contribution in [0.5, 0.6) is 0 Å². The first-order chi connectivity index (χ1) is 20.4. The van der Waals surface area contributed by atoms with E-state index in [1.165, 1.54) is 16.2 Å². The summed E-state index contributed by atoms with van der Waals surface area (Å²) in [6.07, 6.45) is 6.54. The lowest BCUT2D eigenvalue weighted by molar-refractivity contribution is -0.150. The molecule has 5 heterocycles. The summed E-state index contributed by atoms with van der Waals surface area (Å²) in [5, 5.41) is 15.9. The van der Waals surface area contributed by atoms with Gasteiger partial charge in [-0.25, -0.2) is 4.98 Å². The summed E-state index contributed by atoms with van der Waals surface area (Å²) in [5.74, 6) is -1.19. The highest BCUT2D eigenvalue weighted by atomic mass is 32.1. The van der Waals surface area contributed by atoms with Gasteiger partial charge in [-0.3, -0.25) is 28.3 Å². The summed E-state index contributed by atoms with van der Waals surface area (Å²) in [6.45, 7) is 1.04. The highest BCUT2D eigenvalue weighted by Gasteiger charge is 2.40. The van der Waals surface area contributed by atoms with Crippen LogP contribution in [0.15, 0.2) is 54.3 Å². The SMILES string of the molecule is O=C1CCCn2cc(nn2)CNC(=O)[C@H]2CN(C(=O)Cc3cn4ccsc4n3)CCN2C(=O)[C@H](Cc2ccccc2)N1. The molecule has 3 aromatic heterocycles. The third-order valence-electron chi connectivity index (χ3n) is 7.53. The number of hydrogen-bond acceptors (Lipinski definition) is 8. The minimum atomic E-state index is -0.948. The Balaban J connectivity index is 1.25. The van der Waals surface area contributed by atoms with Gasteiger partial charge in [-0.2, -0.15) is 0 Å². The second kappa shape index (κ2) is 12.1. The Morgan fingerprint density at radius 2 is 1.93 bits per heavy atom. The van der Waals surface area contributed by atoms with Crippen molar-refractivity contribution in [2.45, 2.75) is 50.9 Å². The summed E-state index contributed by atoms with van der Waals surface area (Å²) >= 11 is 1.49. The monoisotopic (exact) mass is 589 g/mol. The summed E-state index contributed by atoms with van der Waals surface area (Å²) in [5.41, 5.74) is 2.09. The molecule has 218 valence electrons. The van der Waals surface area contributed by atoms with Crippen molar-refractivity contribution < 1.29 is 19.2 Å². The number of imidazole rings is 1. The zero-order valence-electron chi connectivity index (χ0n) is 22.9. The molecule has 0 saturated carbocycles. The molecular weight excluding hydrogens is 558 g/mol. The number of aryl methyl sites for hydroxylation is 1. The van der Waals surface area contributed by atoms with Crippen molar-refractivity contribution >= 4 is 39.9 Å². The van der Waals surface area contributed by atoms with E-state index < -0.39 is 18.0 Å². The number of rotatable bonds is 4. The Labute approximate surface area is 245 Å². The van der Waals surface area contributed by atoms with Gasteiger partial charge >= 0.3 is 0 Å². The molecule has 2 atom stereocenters. The number of nitrogens with zero attached hydrogens (tertiary/aromatic N) is 7. The van der Waals surface area contributed by atoms with Crippen molar-refractivity contribution in [2.75, 3.05) is 19.6 Å². The van der Waals surface area contributed by atoms with Crippen LogP contribution in [0, 0.1) is 0 Å². The zero-order chi connectivity index (χ0) is 29.1. The standard InChI is InChI=1S/C28H31N9O4S/c38-24-7-4-8-36-17-21(32-33-36)15-29-26(40)23-18-34(25(39)14-20-16-35-11-12-42-28(35)30-20)9-10-37(23)27(41)22(31-24)13-19-5-2-1-3-6-19/h1-3,5-6,11-12,16-17,22-23H,4,7-10,13-15,18H2,(H,29,40)(H,31,38)/t22-,23+/m0/s1. The average molecular weight is 590 g/mol. The summed E-state index contributed by atoms with van der Waals surface area (Å²) in [4.78, 5) is 62.3. The second-order valence-corrected chi connectivity index (χ2v) is 11.4. The van der Waals surface area contributed by atoms with E-state index in [0.29, 0.717) is 24.4 Å². The molecule has 42 heavy (non-hydrogen) atoms. The van der Waals surface area contributed by atoms with Crippen LogP contribution in [-0.2, 0) is 45.1 Å². The first kappa shape index (κ1) is 27.6. The van der Waals surface area contributed by atoms with Crippen molar-refractivity contribution in [3.63, 3.8) is 0 Å². The van der Waals surface area contributed by atoms with Crippen LogP contribution in [0.2, 0.25) is 0 Å². The molecule has 0 spiro atoms. The number of amides is 4. The minimum Gasteiger partial charge on any atom is -0.348 e. The van der Waals surface area contributed by atoms with E-state index in [2.05, 4.69) is 25.9 Å². The highest BCUT2D eigenvalue weighted by Crippen LogP contribution is 2.18. The number of aromatic nitrogens is 5. The van der Waals surface area contributed by atoms with Crippen LogP contribution < -0.4 is 10.6 Å². The summed E-state index contributed by atoms with van der Waals surface area (Å²) < 4.78 is 3.50. The lowest BCUT2D eigenvalue weighted by Crippen LogP contribution is -2.64. The van der Waals surface area contributed by atoms with E-state index in [9.17, 15) is 19.2 Å². The zero-order valence-corrected chi connectivity index (χ0v) is 23.7. The topological polar surface area (TPSA) is 147 Å². The third-order valence-corrected chi connectivity index (χ3v) is 8.30. The van der Waals surface area contributed by atoms with Gasteiger partial charge in [-0.05, 0) is 12.0 Å². The van der Waals surface area contributed by atoms with Crippen LogP contribution in [0.25, 0.3) is 4.96 Å². The van der Waals surface area contributed by atoms with Crippen molar-refractivity contribution in [2.24, 2.45) is 0 Å². The molecular formula is C28H31N9O4S. The van der Waals surface area contributed by atoms with Crippen molar-refractivity contribution in [3.05, 3.63) is 71.3 Å². The fourth-order valence-electron chi connectivity index (χ4n) is 5.37. The van der Waals surface area contributed by atoms with E-state index in [4.69, 9.17) is 0 Å². The van der Waals surface area contributed by atoms with Gasteiger partial charge in [0.1, 0.15) is 17.8 Å². The number of thiazole rings is 1. The Kier molecular flexibility index (Phi) is 7.95. The van der Waals surface area contributed by atoms with Crippen LogP contribution in [-0.4, -0.2) is 89.5 Å². The highest BCUT2D eigenvalue weighted by molar-refractivity contribution is 7.15. The van der Waals surface area contributed by atoms with E-state index >= 15 is 0 Å². The average Bonchev–Trinajstić information content (AvgIpc) is 3.72. The molecule has 1 fully saturated rings. The van der Waals surface area contributed by atoms with Crippen LogP contribution >= 0.6 is 11.3 Å². The van der Waals surface area contributed by atoms with Gasteiger partial charge in [0.05, 0.1) is 31.4 Å². The second-order valence-electron chi connectivity index (χ2n) is 10.5. The number of benzene rings is 1. The first-order valence-electron chi connectivity index (χ1n) is 13.9. The van der Waals surface area contributed by atoms with E-state index in [1.54, 1.807) is 15.8 Å². The first-order valence-corrected chi connectivity index (χ1v) is 14.8. The normalized spacial score (nSPS) is 20.4. The van der Waals surface area contributed by atoms with Gasteiger partial charge in [0.2, 0.25) is 23.6 Å². The summed E-state index contributed by atoms with van der Waals surface area (Å²) in [7, 11) is 0. The van der Waals surface area contributed by atoms with Crippen LogP contribution in [0.1, 0.15) is 29.8 Å². The quantitative estimate of drug-likeness (QED) is 0.351. The lowest BCUT2D eigenvalue weighted by Gasteiger charge is -2.42. The van der Waals surface area contributed by atoms with Crippen LogP contribution in [0.3, 0.4) is 0 Å². The molecule has 2 aliphatic heterocycles. The maximum Gasteiger partial charge on any atom is 0.246 e.